The topological polar surface area (TPSA) is 75.7 Å². The largest absolute Gasteiger partial charge is 0.322 e. The number of amides is 1. The molecule has 0 radical (unpaired) electrons. The first kappa shape index (κ1) is 20.1. The van der Waals surface area contributed by atoms with Crippen LogP contribution < -0.4 is 5.32 Å². The number of nitrogens with zero attached hydrogens (tertiary/aromatic N) is 1. The lowest BCUT2D eigenvalue weighted by Gasteiger charge is -2.19. The number of nitrogens with one attached hydrogen (secondary N) is 1. The first-order chi connectivity index (χ1) is 12.1. The van der Waals surface area contributed by atoms with Gasteiger partial charge in [0.1, 0.15) is 0 Å². The Kier molecular flexibility index (Phi) is 5.85. The van der Waals surface area contributed by atoms with Gasteiger partial charge in [-0.3, -0.25) is 9.63 Å². The number of benzene rings is 2. The summed E-state index contributed by atoms with van der Waals surface area (Å²) in [7, 11) is -1.26. The summed E-state index contributed by atoms with van der Waals surface area (Å²) in [6, 6.07) is 13.4. The molecule has 0 spiro atoms. The van der Waals surface area contributed by atoms with E-state index in [1.165, 1.54) is 32.4 Å². The van der Waals surface area contributed by atoms with E-state index >= 15 is 0 Å². The maximum Gasteiger partial charge on any atom is 0.264 e. The molecular formula is C19H24N2O4S. The van der Waals surface area contributed by atoms with Crippen LogP contribution in [-0.4, -0.2) is 33.0 Å². The lowest BCUT2D eigenvalue weighted by atomic mass is 9.87. The van der Waals surface area contributed by atoms with Crippen LogP contribution in [0.2, 0.25) is 0 Å². The lowest BCUT2D eigenvalue weighted by Crippen LogP contribution is -2.26. The molecule has 0 atom stereocenters. The third-order valence-corrected chi connectivity index (χ3v) is 5.67. The Labute approximate surface area is 154 Å². The molecule has 0 unspecified atom stereocenters. The minimum atomic E-state index is -3.81. The molecule has 2 aromatic rings. The second kappa shape index (κ2) is 7.57. The van der Waals surface area contributed by atoms with Crippen molar-refractivity contribution >= 4 is 21.6 Å². The molecule has 0 aliphatic heterocycles. The predicted octanol–water partition coefficient (Wildman–Crippen LogP) is 3.42. The minimum Gasteiger partial charge on any atom is -0.322 e. The molecule has 26 heavy (non-hydrogen) atoms. The van der Waals surface area contributed by atoms with E-state index in [9.17, 15) is 13.2 Å². The van der Waals surface area contributed by atoms with E-state index in [1.807, 2.05) is 24.3 Å². The molecule has 0 fully saturated rings. The third kappa shape index (κ3) is 4.49. The second-order valence-corrected chi connectivity index (χ2v) is 8.84. The van der Waals surface area contributed by atoms with Crippen LogP contribution in [0.3, 0.4) is 0 Å². The summed E-state index contributed by atoms with van der Waals surface area (Å²) in [6.45, 7) is 6.34. The highest BCUT2D eigenvalue weighted by atomic mass is 32.2. The van der Waals surface area contributed by atoms with Crippen LogP contribution in [0, 0.1) is 0 Å². The van der Waals surface area contributed by atoms with Gasteiger partial charge in [-0.15, -0.1) is 0 Å². The van der Waals surface area contributed by atoms with Gasteiger partial charge >= 0.3 is 0 Å². The van der Waals surface area contributed by atoms with Gasteiger partial charge in [0.2, 0.25) is 0 Å². The summed E-state index contributed by atoms with van der Waals surface area (Å²) >= 11 is 0. The van der Waals surface area contributed by atoms with Gasteiger partial charge in [0.05, 0.1) is 12.0 Å². The van der Waals surface area contributed by atoms with Crippen LogP contribution in [0.5, 0.6) is 0 Å². The predicted molar refractivity (Wildman–Crippen MR) is 101 cm³/mol. The van der Waals surface area contributed by atoms with E-state index in [-0.39, 0.29) is 21.8 Å². The molecule has 0 aliphatic carbocycles. The highest BCUT2D eigenvalue weighted by Crippen LogP contribution is 2.24. The van der Waals surface area contributed by atoms with Gasteiger partial charge in [-0.05, 0) is 41.3 Å². The first-order valence-electron chi connectivity index (χ1n) is 8.10. The Morgan fingerprint density at radius 1 is 1.08 bits per heavy atom. The van der Waals surface area contributed by atoms with Crippen LogP contribution in [0.4, 0.5) is 5.69 Å². The minimum absolute atomic E-state index is 0.0161. The lowest BCUT2D eigenvalue weighted by molar-refractivity contribution is -0.0258. The number of hydrogen-bond acceptors (Lipinski definition) is 4. The highest BCUT2D eigenvalue weighted by Gasteiger charge is 2.22. The van der Waals surface area contributed by atoms with Crippen molar-refractivity contribution in [2.45, 2.75) is 31.1 Å². The fraction of sp³-hybridized carbons (Fsp3) is 0.316. The Bertz CT molecular complexity index is 885. The number of carbonyl (C=O) groups excluding carboxylic acids is 1. The standard InChI is InChI=1S/C19H24N2O4S/c1-19(2,3)15-9-11-16(12-10-15)20-18(22)14-7-6-8-17(13-14)26(23,24)21(4)25-5/h6-13H,1-5H3,(H,20,22). The second-order valence-electron chi connectivity index (χ2n) is 6.91. The zero-order valence-corrected chi connectivity index (χ0v) is 16.4. The van der Waals surface area contributed by atoms with Gasteiger partial charge in [0.15, 0.2) is 0 Å². The molecule has 1 amide bonds. The molecule has 1 N–H and O–H groups in total. The van der Waals surface area contributed by atoms with E-state index < -0.39 is 10.0 Å². The number of hydroxylamine groups is 1. The van der Waals surface area contributed by atoms with Crippen molar-refractivity contribution in [3.8, 4) is 0 Å². The van der Waals surface area contributed by atoms with Gasteiger partial charge in [-0.2, -0.15) is 0 Å². The highest BCUT2D eigenvalue weighted by molar-refractivity contribution is 7.89. The fourth-order valence-corrected chi connectivity index (χ4v) is 3.32. The van der Waals surface area contributed by atoms with Crippen molar-refractivity contribution in [3.05, 3.63) is 59.7 Å². The third-order valence-electron chi connectivity index (χ3n) is 4.00. The zero-order chi connectivity index (χ0) is 19.5. The number of sulfonamides is 1. The van der Waals surface area contributed by atoms with Crippen LogP contribution in [0.25, 0.3) is 0 Å². The molecule has 2 aromatic carbocycles. The van der Waals surface area contributed by atoms with E-state index in [4.69, 9.17) is 4.84 Å². The molecule has 0 saturated heterocycles. The smallest absolute Gasteiger partial charge is 0.264 e. The van der Waals surface area contributed by atoms with Crippen molar-refractivity contribution in [1.29, 1.82) is 0 Å². The Morgan fingerprint density at radius 2 is 1.69 bits per heavy atom. The van der Waals surface area contributed by atoms with Gasteiger partial charge in [0.25, 0.3) is 15.9 Å². The quantitative estimate of drug-likeness (QED) is 0.812. The summed E-state index contributed by atoms with van der Waals surface area (Å²) in [4.78, 5) is 17.2. The zero-order valence-electron chi connectivity index (χ0n) is 15.6. The maximum atomic E-state index is 12.5. The molecule has 140 valence electrons. The Morgan fingerprint density at radius 3 is 2.23 bits per heavy atom. The van der Waals surface area contributed by atoms with Crippen molar-refractivity contribution in [2.75, 3.05) is 19.5 Å². The molecule has 0 bridgehead atoms. The normalized spacial score (nSPS) is 12.2. The van der Waals surface area contributed by atoms with E-state index in [0.29, 0.717) is 5.69 Å². The molecule has 0 saturated carbocycles. The van der Waals surface area contributed by atoms with E-state index in [1.54, 1.807) is 6.07 Å². The van der Waals surface area contributed by atoms with Crippen LogP contribution >= 0.6 is 0 Å². The van der Waals surface area contributed by atoms with E-state index in [2.05, 4.69) is 26.1 Å². The van der Waals surface area contributed by atoms with Crippen LogP contribution in [-0.2, 0) is 20.3 Å². The van der Waals surface area contributed by atoms with Gasteiger partial charge in [0, 0.05) is 18.3 Å². The summed E-state index contributed by atoms with van der Waals surface area (Å²) < 4.78 is 25.3. The number of hydrogen-bond donors (Lipinski definition) is 1. The van der Waals surface area contributed by atoms with Gasteiger partial charge < -0.3 is 5.32 Å². The maximum absolute atomic E-state index is 12.5. The molecule has 0 aliphatic rings. The summed E-state index contributed by atoms with van der Waals surface area (Å²) in [5.41, 5.74) is 2.07. The number of anilines is 1. The molecular weight excluding hydrogens is 352 g/mol. The molecule has 0 heterocycles. The SMILES string of the molecule is CON(C)S(=O)(=O)c1cccc(C(=O)Nc2ccc(C(C)(C)C)cc2)c1. The van der Waals surface area contributed by atoms with Crippen molar-refractivity contribution in [2.24, 2.45) is 0 Å². The number of carbonyl (C=O) groups is 1. The first-order valence-corrected chi connectivity index (χ1v) is 9.54. The molecule has 6 nitrogen and oxygen atoms in total. The fourth-order valence-electron chi connectivity index (χ4n) is 2.30. The van der Waals surface area contributed by atoms with Crippen LogP contribution in [0.15, 0.2) is 53.4 Å². The Balaban J connectivity index is 2.22. The monoisotopic (exact) mass is 376 g/mol. The molecule has 7 heteroatoms. The average Bonchev–Trinajstić information content (AvgIpc) is 2.60. The number of rotatable bonds is 5. The average molecular weight is 376 g/mol. The molecule has 2 rings (SSSR count). The van der Waals surface area contributed by atoms with Crippen LogP contribution in [0.1, 0.15) is 36.7 Å². The van der Waals surface area contributed by atoms with Gasteiger partial charge in [-0.1, -0.05) is 43.4 Å². The van der Waals surface area contributed by atoms with E-state index in [0.717, 1.165) is 10.0 Å². The summed E-state index contributed by atoms with van der Waals surface area (Å²) in [6.07, 6.45) is 0. The summed E-state index contributed by atoms with van der Waals surface area (Å²) in [5.74, 6) is -0.384. The summed E-state index contributed by atoms with van der Waals surface area (Å²) in [5, 5.41) is 2.78. The van der Waals surface area contributed by atoms with Crippen molar-refractivity contribution < 1.29 is 18.0 Å². The van der Waals surface area contributed by atoms with Gasteiger partial charge in [-0.25, -0.2) is 8.42 Å². The van der Waals surface area contributed by atoms with Crippen molar-refractivity contribution in [1.82, 2.24) is 4.47 Å². The Hall–Kier alpha value is -2.22. The van der Waals surface area contributed by atoms with Crippen molar-refractivity contribution in [3.63, 3.8) is 0 Å². The molecule has 0 aromatic heterocycles.